The molecule has 3 aromatic rings. The molecule has 1 fully saturated rings. The quantitative estimate of drug-likeness (QED) is 0.642. The Bertz CT molecular complexity index is 1230. The van der Waals surface area contributed by atoms with E-state index in [0.717, 1.165) is 0 Å². The lowest BCUT2D eigenvalue weighted by Crippen LogP contribution is -2.41. The fourth-order valence-corrected chi connectivity index (χ4v) is 3.84. The summed E-state index contributed by atoms with van der Waals surface area (Å²) in [5.41, 5.74) is 5.97. The smallest absolute Gasteiger partial charge is 0.337 e. The van der Waals surface area contributed by atoms with Crippen molar-refractivity contribution in [2.75, 3.05) is 25.1 Å². The van der Waals surface area contributed by atoms with Crippen molar-refractivity contribution in [3.8, 4) is 5.69 Å². The summed E-state index contributed by atoms with van der Waals surface area (Å²) in [6.45, 7) is 0.912. The van der Waals surface area contributed by atoms with E-state index in [1.165, 1.54) is 48.1 Å². The number of hydrogen-bond donors (Lipinski definition) is 1. The van der Waals surface area contributed by atoms with Crippen LogP contribution in [0.3, 0.4) is 0 Å². The molecule has 31 heavy (non-hydrogen) atoms. The van der Waals surface area contributed by atoms with Gasteiger partial charge in [-0.25, -0.2) is 18.7 Å². The second-order valence-corrected chi connectivity index (χ2v) is 7.42. The van der Waals surface area contributed by atoms with Crippen LogP contribution in [0.5, 0.6) is 0 Å². The number of piperidine rings is 1. The Morgan fingerprint density at radius 1 is 1.16 bits per heavy atom. The van der Waals surface area contributed by atoms with Crippen LogP contribution < -0.4 is 16.2 Å². The van der Waals surface area contributed by atoms with Gasteiger partial charge in [0.15, 0.2) is 0 Å². The second kappa shape index (κ2) is 8.17. The number of carbonyl (C=O) groups is 2. The highest BCUT2D eigenvalue weighted by Crippen LogP contribution is 2.25. The molecule has 2 heterocycles. The molecule has 0 atom stereocenters. The van der Waals surface area contributed by atoms with Gasteiger partial charge in [0.2, 0.25) is 11.9 Å². The van der Waals surface area contributed by atoms with Gasteiger partial charge in [0.25, 0.3) is 5.56 Å². The molecule has 160 valence electrons. The predicted octanol–water partition coefficient (Wildman–Crippen LogP) is 2.01. The van der Waals surface area contributed by atoms with Crippen LogP contribution in [0.25, 0.3) is 16.6 Å². The first kappa shape index (κ1) is 20.5. The van der Waals surface area contributed by atoms with E-state index >= 15 is 0 Å². The first-order valence-corrected chi connectivity index (χ1v) is 9.84. The minimum Gasteiger partial charge on any atom is -0.465 e. The molecule has 1 aliphatic heterocycles. The Morgan fingerprint density at radius 2 is 1.90 bits per heavy atom. The van der Waals surface area contributed by atoms with E-state index in [4.69, 9.17) is 10.5 Å². The largest absolute Gasteiger partial charge is 0.465 e. The average Bonchev–Trinajstić information content (AvgIpc) is 2.78. The fourth-order valence-electron chi connectivity index (χ4n) is 3.84. The molecule has 0 saturated carbocycles. The molecular weight excluding hydrogens is 403 g/mol. The number of esters is 1. The highest BCUT2D eigenvalue weighted by Gasteiger charge is 2.27. The van der Waals surface area contributed by atoms with Crippen LogP contribution in [0.15, 0.2) is 47.3 Å². The van der Waals surface area contributed by atoms with Crippen molar-refractivity contribution in [3.63, 3.8) is 0 Å². The van der Waals surface area contributed by atoms with Gasteiger partial charge in [-0.15, -0.1) is 0 Å². The molecular formula is C22H21FN4O4. The molecule has 0 aliphatic carbocycles. The number of methoxy groups -OCH3 is 1. The summed E-state index contributed by atoms with van der Waals surface area (Å²) in [5.74, 6) is -1.30. The molecule has 0 unspecified atom stereocenters. The Kier molecular flexibility index (Phi) is 5.41. The molecule has 0 radical (unpaired) electrons. The Morgan fingerprint density at radius 3 is 2.55 bits per heavy atom. The minimum atomic E-state index is -0.540. The monoisotopic (exact) mass is 424 g/mol. The number of hydrogen-bond acceptors (Lipinski definition) is 6. The molecule has 2 aromatic carbocycles. The number of anilines is 1. The summed E-state index contributed by atoms with van der Waals surface area (Å²) in [7, 11) is 1.27. The first-order chi connectivity index (χ1) is 14.9. The van der Waals surface area contributed by atoms with Crippen molar-refractivity contribution in [1.82, 2.24) is 9.55 Å². The van der Waals surface area contributed by atoms with Crippen molar-refractivity contribution in [3.05, 3.63) is 64.2 Å². The van der Waals surface area contributed by atoms with Crippen molar-refractivity contribution in [2.45, 2.75) is 12.8 Å². The Labute approximate surface area is 177 Å². The number of nitrogens with zero attached hydrogens (tertiary/aromatic N) is 3. The maximum Gasteiger partial charge on any atom is 0.337 e. The third kappa shape index (κ3) is 3.86. The minimum absolute atomic E-state index is 0.239. The van der Waals surface area contributed by atoms with Gasteiger partial charge in [-0.3, -0.25) is 9.59 Å². The molecule has 1 saturated heterocycles. The Hall–Kier alpha value is -3.75. The number of benzene rings is 2. The zero-order chi connectivity index (χ0) is 22.1. The van der Waals surface area contributed by atoms with E-state index in [1.807, 2.05) is 4.90 Å². The summed E-state index contributed by atoms with van der Waals surface area (Å²) in [6, 6.07) is 10.2. The van der Waals surface area contributed by atoms with E-state index < -0.39 is 11.8 Å². The number of nitrogens with two attached hydrogens (primary N) is 1. The Balaban J connectivity index is 1.90. The molecule has 4 rings (SSSR count). The van der Waals surface area contributed by atoms with Gasteiger partial charge in [0.1, 0.15) is 5.82 Å². The number of fused-ring (bicyclic) bond motifs is 1. The number of ether oxygens (including phenoxy) is 1. The lowest BCUT2D eigenvalue weighted by Gasteiger charge is -2.32. The van der Waals surface area contributed by atoms with Crippen LogP contribution in [0.1, 0.15) is 23.2 Å². The van der Waals surface area contributed by atoms with E-state index in [0.29, 0.717) is 43.1 Å². The number of amides is 1. The maximum absolute atomic E-state index is 13.9. The molecule has 8 nitrogen and oxygen atoms in total. The van der Waals surface area contributed by atoms with Crippen LogP contribution >= 0.6 is 0 Å². The van der Waals surface area contributed by atoms with E-state index in [-0.39, 0.29) is 28.3 Å². The maximum atomic E-state index is 13.9. The molecule has 1 aromatic heterocycles. The molecule has 9 heteroatoms. The summed E-state index contributed by atoms with van der Waals surface area (Å²) in [5, 5.41) is 0.285. The third-order valence-corrected chi connectivity index (χ3v) is 5.52. The predicted molar refractivity (Wildman–Crippen MR) is 113 cm³/mol. The topological polar surface area (TPSA) is 108 Å². The summed E-state index contributed by atoms with van der Waals surface area (Å²) < 4.78 is 20.1. The van der Waals surface area contributed by atoms with Crippen LogP contribution in [0.2, 0.25) is 0 Å². The van der Waals surface area contributed by atoms with Crippen molar-refractivity contribution in [2.24, 2.45) is 11.7 Å². The SMILES string of the molecule is COC(=O)c1ccc2c(=O)n(-c3cccc(F)c3)c(N3CCC(C(N)=O)CC3)nc2c1. The van der Waals surface area contributed by atoms with Crippen molar-refractivity contribution >= 4 is 28.7 Å². The van der Waals surface area contributed by atoms with Crippen LogP contribution in [-0.2, 0) is 9.53 Å². The third-order valence-electron chi connectivity index (χ3n) is 5.52. The van der Waals surface area contributed by atoms with Gasteiger partial charge in [-0.05, 0) is 49.2 Å². The number of aromatic nitrogens is 2. The first-order valence-electron chi connectivity index (χ1n) is 9.84. The van der Waals surface area contributed by atoms with Crippen LogP contribution in [0.4, 0.5) is 10.3 Å². The van der Waals surface area contributed by atoms with Crippen molar-refractivity contribution < 1.29 is 18.7 Å². The van der Waals surface area contributed by atoms with Gasteiger partial charge in [0, 0.05) is 19.0 Å². The zero-order valence-corrected chi connectivity index (χ0v) is 16.9. The summed E-state index contributed by atoms with van der Waals surface area (Å²) in [6.07, 6.45) is 1.04. The average molecular weight is 424 g/mol. The van der Waals surface area contributed by atoms with E-state index in [9.17, 15) is 18.8 Å². The van der Waals surface area contributed by atoms with Gasteiger partial charge in [-0.1, -0.05) is 6.07 Å². The number of primary amides is 1. The number of carbonyl (C=O) groups excluding carboxylic acids is 2. The highest BCUT2D eigenvalue weighted by atomic mass is 19.1. The molecule has 2 N–H and O–H groups in total. The fraction of sp³-hybridized carbons (Fsp3) is 0.273. The van der Waals surface area contributed by atoms with Crippen LogP contribution in [0, 0.1) is 11.7 Å². The van der Waals surface area contributed by atoms with Gasteiger partial charge in [0.05, 0.1) is 29.3 Å². The molecule has 0 spiro atoms. The molecule has 0 bridgehead atoms. The van der Waals surface area contributed by atoms with Gasteiger partial charge < -0.3 is 15.4 Å². The lowest BCUT2D eigenvalue weighted by molar-refractivity contribution is -0.122. The molecule has 1 aliphatic rings. The number of rotatable bonds is 4. The van der Waals surface area contributed by atoms with Crippen molar-refractivity contribution in [1.29, 1.82) is 0 Å². The van der Waals surface area contributed by atoms with E-state index in [1.54, 1.807) is 6.07 Å². The number of halogens is 1. The standard InChI is InChI=1S/C22H21FN4O4/c1-31-21(30)14-5-6-17-18(11-14)25-22(26-9-7-13(8-10-26)19(24)28)27(20(17)29)16-4-2-3-15(23)12-16/h2-6,11-13H,7-10H2,1H3,(H2,24,28). The second-order valence-electron chi connectivity index (χ2n) is 7.42. The van der Waals surface area contributed by atoms with E-state index in [2.05, 4.69) is 4.98 Å². The zero-order valence-electron chi connectivity index (χ0n) is 16.9. The molecule has 1 amide bonds. The van der Waals surface area contributed by atoms with Crippen LogP contribution in [-0.4, -0.2) is 41.6 Å². The summed E-state index contributed by atoms with van der Waals surface area (Å²) >= 11 is 0. The highest BCUT2D eigenvalue weighted by molar-refractivity contribution is 5.94. The lowest BCUT2D eigenvalue weighted by atomic mass is 9.96. The van der Waals surface area contributed by atoms with Gasteiger partial charge in [-0.2, -0.15) is 0 Å². The normalized spacial score (nSPS) is 14.6. The summed E-state index contributed by atoms with van der Waals surface area (Å²) in [4.78, 5) is 43.4. The van der Waals surface area contributed by atoms with Gasteiger partial charge >= 0.3 is 5.97 Å².